The Labute approximate surface area is 94.1 Å². The van der Waals surface area contributed by atoms with Crippen molar-refractivity contribution in [3.05, 3.63) is 42.1 Å². The summed E-state index contributed by atoms with van der Waals surface area (Å²) in [5.41, 5.74) is 1.37. The summed E-state index contributed by atoms with van der Waals surface area (Å²) in [6.07, 6.45) is 1.44. The van der Waals surface area contributed by atoms with Crippen LogP contribution in [-0.4, -0.2) is 17.1 Å². The number of fused-ring (bicyclic) bond motifs is 1. The third-order valence-corrected chi connectivity index (χ3v) is 2.17. The first-order valence-corrected chi connectivity index (χ1v) is 5.22. The van der Waals surface area contributed by atoms with E-state index < -0.39 is 0 Å². The first-order chi connectivity index (χ1) is 7.66. The number of benzene rings is 1. The van der Waals surface area contributed by atoms with Gasteiger partial charge >= 0.3 is 5.97 Å². The number of rotatable bonds is 2. The van der Waals surface area contributed by atoms with Gasteiger partial charge in [0.15, 0.2) is 0 Å². The Morgan fingerprint density at radius 1 is 1.31 bits per heavy atom. The Morgan fingerprint density at radius 2 is 2.06 bits per heavy atom. The van der Waals surface area contributed by atoms with Gasteiger partial charge in [0.05, 0.1) is 17.2 Å². The number of hydrogen-bond acceptors (Lipinski definition) is 3. The molecule has 1 aromatic carbocycles. The van der Waals surface area contributed by atoms with Gasteiger partial charge in [-0.15, -0.1) is 0 Å². The Balaban J connectivity index is 2.35. The molecule has 0 aliphatic rings. The molecule has 0 unspecified atom stereocenters. The van der Waals surface area contributed by atoms with Gasteiger partial charge in [0, 0.05) is 11.6 Å². The molecule has 0 aliphatic heterocycles. The predicted molar refractivity (Wildman–Crippen MR) is 62.3 cm³/mol. The summed E-state index contributed by atoms with van der Waals surface area (Å²) in [6, 6.07) is 9.47. The summed E-state index contributed by atoms with van der Waals surface area (Å²) in [5, 5.41) is 0.945. The summed E-state index contributed by atoms with van der Waals surface area (Å²) >= 11 is 0. The number of aromatic nitrogens is 1. The third-order valence-electron chi connectivity index (χ3n) is 2.17. The van der Waals surface area contributed by atoms with E-state index in [1.807, 2.05) is 38.1 Å². The summed E-state index contributed by atoms with van der Waals surface area (Å²) < 4.78 is 5.11. The number of pyridine rings is 1. The highest BCUT2D eigenvalue weighted by atomic mass is 16.5. The smallest absolute Gasteiger partial charge is 0.339 e. The average molecular weight is 215 g/mol. The Hall–Kier alpha value is -1.90. The lowest BCUT2D eigenvalue weighted by molar-refractivity contribution is 0.0377. The van der Waals surface area contributed by atoms with Gasteiger partial charge in [-0.1, -0.05) is 18.2 Å². The van der Waals surface area contributed by atoms with Crippen LogP contribution in [0.3, 0.4) is 0 Å². The molecule has 2 aromatic rings. The minimum atomic E-state index is -0.326. The van der Waals surface area contributed by atoms with Crippen LogP contribution in [0.1, 0.15) is 24.2 Å². The van der Waals surface area contributed by atoms with Crippen molar-refractivity contribution >= 4 is 16.9 Å². The van der Waals surface area contributed by atoms with Crippen molar-refractivity contribution in [3.63, 3.8) is 0 Å². The summed E-state index contributed by atoms with van der Waals surface area (Å²) in [5.74, 6) is -0.326. The third kappa shape index (κ3) is 2.19. The highest BCUT2D eigenvalue weighted by Crippen LogP contribution is 2.13. The first kappa shape index (κ1) is 10.6. The number of ether oxygens (including phenoxy) is 1. The fourth-order valence-electron chi connectivity index (χ4n) is 1.46. The fourth-order valence-corrected chi connectivity index (χ4v) is 1.46. The number of nitrogens with zero attached hydrogens (tertiary/aromatic N) is 1. The topological polar surface area (TPSA) is 39.2 Å². The van der Waals surface area contributed by atoms with E-state index in [0.29, 0.717) is 5.56 Å². The van der Waals surface area contributed by atoms with Crippen molar-refractivity contribution in [2.45, 2.75) is 20.0 Å². The van der Waals surface area contributed by atoms with Gasteiger partial charge in [0.2, 0.25) is 0 Å². The van der Waals surface area contributed by atoms with Crippen LogP contribution >= 0.6 is 0 Å². The molecule has 0 aliphatic carbocycles. The molecule has 1 heterocycles. The predicted octanol–water partition coefficient (Wildman–Crippen LogP) is 2.80. The molecule has 1 aromatic heterocycles. The van der Waals surface area contributed by atoms with Crippen molar-refractivity contribution < 1.29 is 9.53 Å². The van der Waals surface area contributed by atoms with Crippen LogP contribution in [0.4, 0.5) is 0 Å². The molecule has 0 bridgehead atoms. The maximum absolute atomic E-state index is 11.6. The minimum absolute atomic E-state index is 0.112. The van der Waals surface area contributed by atoms with Gasteiger partial charge in [0.1, 0.15) is 0 Å². The molecular weight excluding hydrogens is 202 g/mol. The number of carbonyl (C=O) groups excluding carboxylic acids is 1. The molecule has 0 saturated carbocycles. The van der Waals surface area contributed by atoms with E-state index in [4.69, 9.17) is 4.74 Å². The molecule has 0 spiro atoms. The summed E-state index contributed by atoms with van der Waals surface area (Å²) in [7, 11) is 0. The van der Waals surface area contributed by atoms with Crippen LogP contribution in [-0.2, 0) is 4.74 Å². The van der Waals surface area contributed by atoms with Gasteiger partial charge in [-0.05, 0) is 26.0 Å². The lowest BCUT2D eigenvalue weighted by Crippen LogP contribution is -2.11. The van der Waals surface area contributed by atoms with Crippen molar-refractivity contribution in [1.82, 2.24) is 4.98 Å². The lowest BCUT2D eigenvalue weighted by Gasteiger charge is -2.07. The van der Waals surface area contributed by atoms with Gasteiger partial charge in [-0.3, -0.25) is 4.98 Å². The lowest BCUT2D eigenvalue weighted by atomic mass is 10.1. The molecule has 0 fully saturated rings. The Bertz CT molecular complexity index is 520. The van der Waals surface area contributed by atoms with E-state index in [9.17, 15) is 4.79 Å². The van der Waals surface area contributed by atoms with Crippen molar-refractivity contribution in [2.24, 2.45) is 0 Å². The monoisotopic (exact) mass is 215 g/mol. The van der Waals surface area contributed by atoms with E-state index in [0.717, 1.165) is 10.9 Å². The van der Waals surface area contributed by atoms with Crippen LogP contribution < -0.4 is 0 Å². The maximum Gasteiger partial charge on any atom is 0.339 e. The minimum Gasteiger partial charge on any atom is -0.459 e. The molecule has 0 saturated heterocycles. The SMILES string of the molecule is CC(C)OC(=O)c1cnc2ccccc2c1. The zero-order chi connectivity index (χ0) is 11.5. The number of carbonyl (C=O) groups is 1. The Morgan fingerprint density at radius 3 is 2.81 bits per heavy atom. The van der Waals surface area contributed by atoms with E-state index in [-0.39, 0.29) is 12.1 Å². The number of hydrogen-bond donors (Lipinski definition) is 0. The molecule has 0 amide bonds. The van der Waals surface area contributed by atoms with Gasteiger partial charge in [0.25, 0.3) is 0 Å². The first-order valence-electron chi connectivity index (χ1n) is 5.22. The second kappa shape index (κ2) is 4.31. The second-order valence-electron chi connectivity index (χ2n) is 3.87. The van der Waals surface area contributed by atoms with Crippen LogP contribution in [0.25, 0.3) is 10.9 Å². The van der Waals surface area contributed by atoms with Crippen molar-refractivity contribution in [1.29, 1.82) is 0 Å². The van der Waals surface area contributed by atoms with Gasteiger partial charge in [-0.25, -0.2) is 4.79 Å². The van der Waals surface area contributed by atoms with Crippen LogP contribution in [0.2, 0.25) is 0 Å². The molecule has 0 N–H and O–H groups in total. The number of para-hydroxylation sites is 1. The van der Waals surface area contributed by atoms with Crippen LogP contribution in [0, 0.1) is 0 Å². The summed E-state index contributed by atoms with van der Waals surface area (Å²) in [4.78, 5) is 15.8. The van der Waals surface area contributed by atoms with Gasteiger partial charge in [-0.2, -0.15) is 0 Å². The highest BCUT2D eigenvalue weighted by Gasteiger charge is 2.09. The number of esters is 1. The molecule has 3 heteroatoms. The van der Waals surface area contributed by atoms with Crippen molar-refractivity contribution in [2.75, 3.05) is 0 Å². The quantitative estimate of drug-likeness (QED) is 0.723. The van der Waals surface area contributed by atoms with Gasteiger partial charge < -0.3 is 4.74 Å². The fraction of sp³-hybridized carbons (Fsp3) is 0.231. The highest BCUT2D eigenvalue weighted by molar-refractivity contribution is 5.93. The molecule has 16 heavy (non-hydrogen) atoms. The van der Waals surface area contributed by atoms with Crippen LogP contribution in [0.5, 0.6) is 0 Å². The van der Waals surface area contributed by atoms with E-state index in [1.165, 1.54) is 0 Å². The average Bonchev–Trinajstić information content (AvgIpc) is 2.27. The molecule has 0 radical (unpaired) electrons. The summed E-state index contributed by atoms with van der Waals surface area (Å²) in [6.45, 7) is 3.65. The molecule has 3 nitrogen and oxygen atoms in total. The van der Waals surface area contributed by atoms with Crippen molar-refractivity contribution in [3.8, 4) is 0 Å². The second-order valence-corrected chi connectivity index (χ2v) is 3.87. The molecule has 0 atom stereocenters. The molecular formula is C13H13NO2. The zero-order valence-corrected chi connectivity index (χ0v) is 9.31. The van der Waals surface area contributed by atoms with Crippen LogP contribution in [0.15, 0.2) is 36.5 Å². The standard InChI is InChI=1S/C13H13NO2/c1-9(2)16-13(15)11-7-10-5-3-4-6-12(10)14-8-11/h3-9H,1-2H3. The van der Waals surface area contributed by atoms with E-state index in [1.54, 1.807) is 12.3 Å². The largest absolute Gasteiger partial charge is 0.459 e. The molecule has 82 valence electrons. The van der Waals surface area contributed by atoms with E-state index in [2.05, 4.69) is 4.98 Å². The molecule has 2 rings (SSSR count). The normalized spacial score (nSPS) is 10.7. The van der Waals surface area contributed by atoms with E-state index >= 15 is 0 Å². The zero-order valence-electron chi connectivity index (χ0n) is 9.31. The maximum atomic E-state index is 11.6. The Kier molecular flexibility index (Phi) is 2.86.